The van der Waals surface area contributed by atoms with Crippen molar-refractivity contribution >= 4 is 30.7 Å². The summed E-state index contributed by atoms with van der Waals surface area (Å²) in [5, 5.41) is 0. The summed E-state index contributed by atoms with van der Waals surface area (Å²) < 4.78 is 5.77. The summed E-state index contributed by atoms with van der Waals surface area (Å²) in [4.78, 5) is 17.7. The Labute approximate surface area is 177 Å². The number of piperazine rings is 1. The third-order valence-electron chi connectivity index (χ3n) is 7.31. The lowest BCUT2D eigenvalue weighted by molar-refractivity contribution is -0.180. The number of carbonyl (C=O) groups is 1. The second-order valence-corrected chi connectivity index (χ2v) is 9.08. The molecular weight excluding hydrogens is 385 g/mol. The predicted octanol–water partition coefficient (Wildman–Crippen LogP) is 3.09. The van der Waals surface area contributed by atoms with Crippen LogP contribution in [0.3, 0.4) is 0 Å². The molecule has 0 bridgehead atoms. The quantitative estimate of drug-likeness (QED) is 0.754. The van der Waals surface area contributed by atoms with Crippen LogP contribution < -0.4 is 5.73 Å². The number of amides is 1. The molecule has 0 aromatic rings. The Morgan fingerprint density at radius 2 is 1.63 bits per heavy atom. The molecule has 0 spiro atoms. The van der Waals surface area contributed by atoms with Gasteiger partial charge in [0.15, 0.2) is 0 Å². The Hall–Kier alpha value is -0.0700. The lowest BCUT2D eigenvalue weighted by atomic mass is 9.54. The van der Waals surface area contributed by atoms with Crippen molar-refractivity contribution in [2.24, 2.45) is 17.1 Å². The molecular formula is C20H39Cl2N3O2. The fourth-order valence-electron chi connectivity index (χ4n) is 4.98. The summed E-state index contributed by atoms with van der Waals surface area (Å²) in [6, 6.07) is 0.725. The van der Waals surface area contributed by atoms with Gasteiger partial charge < -0.3 is 15.4 Å². The molecule has 2 atom stereocenters. The largest absolute Gasteiger partial charge is 0.378 e. The van der Waals surface area contributed by atoms with Gasteiger partial charge in [-0.2, -0.15) is 0 Å². The summed E-state index contributed by atoms with van der Waals surface area (Å²) in [5.74, 6) is 1.01. The van der Waals surface area contributed by atoms with E-state index in [2.05, 4.69) is 25.7 Å². The number of carbonyl (C=O) groups excluding carboxylic acids is 1. The Balaban J connectivity index is 0.00000182. The van der Waals surface area contributed by atoms with Crippen LogP contribution in [0.2, 0.25) is 0 Å². The molecule has 2 N–H and O–H groups in total. The average molecular weight is 424 g/mol. The minimum Gasteiger partial charge on any atom is -0.378 e. The maximum absolute atomic E-state index is 13.1. The van der Waals surface area contributed by atoms with E-state index in [1.165, 1.54) is 25.7 Å². The highest BCUT2D eigenvalue weighted by atomic mass is 35.5. The highest BCUT2D eigenvalue weighted by Crippen LogP contribution is 2.50. The molecule has 1 heterocycles. The van der Waals surface area contributed by atoms with Gasteiger partial charge in [-0.05, 0) is 38.5 Å². The SMILES string of the molecule is CCOC1CC(N)(C(=O)N2CCN(C3CCC(C)CC3)CC2)C1(C)C.Cl.Cl. The maximum atomic E-state index is 13.1. The fourth-order valence-corrected chi connectivity index (χ4v) is 4.98. The van der Waals surface area contributed by atoms with E-state index in [1.54, 1.807) is 0 Å². The van der Waals surface area contributed by atoms with Crippen LogP contribution in [0.5, 0.6) is 0 Å². The molecule has 160 valence electrons. The summed E-state index contributed by atoms with van der Waals surface area (Å²) in [6.45, 7) is 12.8. The summed E-state index contributed by atoms with van der Waals surface area (Å²) >= 11 is 0. The van der Waals surface area contributed by atoms with Gasteiger partial charge in [0.05, 0.1) is 6.10 Å². The minimum atomic E-state index is -0.769. The van der Waals surface area contributed by atoms with Gasteiger partial charge in [-0.3, -0.25) is 9.69 Å². The van der Waals surface area contributed by atoms with E-state index in [-0.39, 0.29) is 42.2 Å². The number of halogens is 2. The molecule has 3 rings (SSSR count). The number of hydrogen-bond donors (Lipinski definition) is 1. The Morgan fingerprint density at radius 1 is 1.07 bits per heavy atom. The molecule has 0 aromatic heterocycles. The predicted molar refractivity (Wildman–Crippen MR) is 115 cm³/mol. The number of rotatable bonds is 4. The smallest absolute Gasteiger partial charge is 0.243 e. The van der Waals surface area contributed by atoms with Gasteiger partial charge >= 0.3 is 0 Å². The molecule has 27 heavy (non-hydrogen) atoms. The number of nitrogens with two attached hydrogens (primary N) is 1. The number of nitrogens with zero attached hydrogens (tertiary/aromatic N) is 2. The van der Waals surface area contributed by atoms with Crippen LogP contribution in [0.25, 0.3) is 0 Å². The summed E-state index contributed by atoms with van der Waals surface area (Å²) in [5.41, 5.74) is 5.52. The summed E-state index contributed by atoms with van der Waals surface area (Å²) in [6.07, 6.45) is 6.08. The Morgan fingerprint density at radius 3 is 2.11 bits per heavy atom. The van der Waals surface area contributed by atoms with Gasteiger partial charge in [0, 0.05) is 50.7 Å². The van der Waals surface area contributed by atoms with Crippen molar-refractivity contribution in [1.29, 1.82) is 0 Å². The number of hydrogen-bond acceptors (Lipinski definition) is 4. The monoisotopic (exact) mass is 423 g/mol. The molecule has 1 amide bonds. The average Bonchev–Trinajstić information content (AvgIpc) is 2.61. The fraction of sp³-hybridized carbons (Fsp3) is 0.950. The molecule has 5 nitrogen and oxygen atoms in total. The molecule has 2 saturated carbocycles. The lowest BCUT2D eigenvalue weighted by Crippen LogP contribution is -2.76. The molecule has 0 radical (unpaired) electrons. The van der Waals surface area contributed by atoms with Gasteiger partial charge in [0.2, 0.25) is 5.91 Å². The van der Waals surface area contributed by atoms with E-state index in [9.17, 15) is 4.79 Å². The first-order valence-electron chi connectivity index (χ1n) is 10.2. The van der Waals surface area contributed by atoms with Crippen LogP contribution in [-0.2, 0) is 9.53 Å². The van der Waals surface area contributed by atoms with Crippen LogP contribution in [0.1, 0.15) is 59.8 Å². The van der Waals surface area contributed by atoms with Gasteiger partial charge in [-0.1, -0.05) is 20.8 Å². The lowest BCUT2D eigenvalue weighted by Gasteiger charge is -2.59. The van der Waals surface area contributed by atoms with Gasteiger partial charge in [-0.25, -0.2) is 0 Å². The van der Waals surface area contributed by atoms with Crippen LogP contribution in [-0.4, -0.2) is 66.2 Å². The van der Waals surface area contributed by atoms with Gasteiger partial charge in [-0.15, -0.1) is 24.8 Å². The van der Waals surface area contributed by atoms with E-state index < -0.39 is 5.54 Å². The third kappa shape index (κ3) is 4.58. The van der Waals surface area contributed by atoms with Crippen LogP contribution in [0.15, 0.2) is 0 Å². The molecule has 0 aromatic carbocycles. The van der Waals surface area contributed by atoms with Crippen LogP contribution in [0, 0.1) is 11.3 Å². The van der Waals surface area contributed by atoms with Crippen molar-refractivity contribution in [3.05, 3.63) is 0 Å². The van der Waals surface area contributed by atoms with E-state index in [0.717, 1.165) is 38.1 Å². The standard InChI is InChI=1S/C20H37N3O2.2ClH/c1-5-25-17-14-20(21,19(17,3)4)18(24)23-12-10-22(11-13-23)16-8-6-15(2)7-9-16;;/h15-17H,5-14,21H2,1-4H3;2*1H. The van der Waals surface area contributed by atoms with E-state index in [4.69, 9.17) is 10.5 Å². The highest BCUT2D eigenvalue weighted by molar-refractivity contribution is 5.89. The second kappa shape index (κ2) is 9.62. The minimum absolute atomic E-state index is 0. The van der Waals surface area contributed by atoms with Crippen molar-refractivity contribution in [1.82, 2.24) is 9.80 Å². The van der Waals surface area contributed by atoms with E-state index >= 15 is 0 Å². The van der Waals surface area contributed by atoms with Crippen molar-refractivity contribution in [3.8, 4) is 0 Å². The molecule has 3 aliphatic rings. The topological polar surface area (TPSA) is 58.8 Å². The van der Waals surface area contributed by atoms with Gasteiger partial charge in [0.1, 0.15) is 5.54 Å². The zero-order valence-electron chi connectivity index (χ0n) is 17.4. The van der Waals surface area contributed by atoms with Crippen molar-refractivity contribution in [2.75, 3.05) is 32.8 Å². The van der Waals surface area contributed by atoms with E-state index in [0.29, 0.717) is 13.0 Å². The van der Waals surface area contributed by atoms with Crippen molar-refractivity contribution in [3.63, 3.8) is 0 Å². The first kappa shape index (κ1) is 25.0. The Kier molecular flexibility index (Phi) is 8.90. The second-order valence-electron chi connectivity index (χ2n) is 9.08. The maximum Gasteiger partial charge on any atom is 0.243 e. The molecule has 3 fully saturated rings. The molecule has 7 heteroatoms. The van der Waals surface area contributed by atoms with Gasteiger partial charge in [0.25, 0.3) is 0 Å². The van der Waals surface area contributed by atoms with Crippen LogP contribution >= 0.6 is 24.8 Å². The van der Waals surface area contributed by atoms with Crippen molar-refractivity contribution < 1.29 is 9.53 Å². The molecule has 2 aliphatic carbocycles. The van der Waals surface area contributed by atoms with Crippen molar-refractivity contribution in [2.45, 2.75) is 77.5 Å². The zero-order valence-corrected chi connectivity index (χ0v) is 19.0. The van der Waals surface area contributed by atoms with E-state index in [1.807, 2.05) is 11.8 Å². The molecule has 2 unspecified atom stereocenters. The molecule has 1 aliphatic heterocycles. The van der Waals surface area contributed by atoms with Crippen LogP contribution in [0.4, 0.5) is 0 Å². The highest BCUT2D eigenvalue weighted by Gasteiger charge is 2.63. The summed E-state index contributed by atoms with van der Waals surface area (Å²) in [7, 11) is 0. The third-order valence-corrected chi connectivity index (χ3v) is 7.31. The first-order chi connectivity index (χ1) is 11.8. The first-order valence-corrected chi connectivity index (χ1v) is 10.2. The normalized spacial score (nSPS) is 36.2. The zero-order chi connectivity index (χ0) is 18.2. The number of ether oxygens (including phenoxy) is 1. The molecule has 1 saturated heterocycles. The Bertz CT molecular complexity index is 490.